The van der Waals surface area contributed by atoms with Crippen LogP contribution in [0.15, 0.2) is 53.7 Å². The molecule has 0 fully saturated rings. The predicted molar refractivity (Wildman–Crippen MR) is 103 cm³/mol. The van der Waals surface area contributed by atoms with Crippen LogP contribution in [0.1, 0.15) is 24.2 Å². The van der Waals surface area contributed by atoms with Gasteiger partial charge in [0.25, 0.3) is 0 Å². The zero-order valence-electron chi connectivity index (χ0n) is 14.2. The van der Waals surface area contributed by atoms with Gasteiger partial charge in [-0.2, -0.15) is 0 Å². The third kappa shape index (κ3) is 4.06. The minimum atomic E-state index is -0.650. The van der Waals surface area contributed by atoms with Crippen molar-refractivity contribution in [1.29, 1.82) is 0 Å². The summed E-state index contributed by atoms with van der Waals surface area (Å²) in [6.07, 6.45) is -0.650. The van der Waals surface area contributed by atoms with Crippen molar-refractivity contribution in [3.05, 3.63) is 64.7 Å². The summed E-state index contributed by atoms with van der Waals surface area (Å²) in [6, 6.07) is 15.6. The van der Waals surface area contributed by atoms with Crippen molar-refractivity contribution in [3.8, 4) is 11.4 Å². The van der Waals surface area contributed by atoms with Crippen LogP contribution in [0.3, 0.4) is 0 Å². The normalized spacial score (nSPS) is 12.3. The van der Waals surface area contributed by atoms with Gasteiger partial charge in [0.2, 0.25) is 0 Å². The van der Waals surface area contributed by atoms with Crippen LogP contribution in [0.5, 0.6) is 0 Å². The number of hydrogen-bond donors (Lipinski definition) is 1. The first kappa shape index (κ1) is 18.0. The molecular formula is C19H20ClN3OS. The van der Waals surface area contributed by atoms with Crippen LogP contribution < -0.4 is 0 Å². The van der Waals surface area contributed by atoms with Gasteiger partial charge in [-0.15, -0.1) is 10.2 Å². The Morgan fingerprint density at radius 3 is 2.68 bits per heavy atom. The number of thioether (sulfide) groups is 1. The summed E-state index contributed by atoms with van der Waals surface area (Å²) < 4.78 is 2.07. The molecule has 3 rings (SSSR count). The van der Waals surface area contributed by atoms with E-state index in [4.69, 9.17) is 11.6 Å². The third-order valence-corrected chi connectivity index (χ3v) is 5.33. The largest absolute Gasteiger partial charge is 0.387 e. The van der Waals surface area contributed by atoms with Gasteiger partial charge in [0, 0.05) is 22.9 Å². The Hall–Kier alpha value is -1.82. The number of aromatic nitrogens is 3. The molecule has 4 nitrogen and oxygen atoms in total. The maximum atomic E-state index is 10.4. The number of aryl methyl sites for hydroxylation is 1. The fourth-order valence-electron chi connectivity index (χ4n) is 2.67. The summed E-state index contributed by atoms with van der Waals surface area (Å²) in [7, 11) is 0. The summed E-state index contributed by atoms with van der Waals surface area (Å²) in [4.78, 5) is 0. The van der Waals surface area contributed by atoms with E-state index in [1.54, 1.807) is 6.07 Å². The molecule has 2 aromatic carbocycles. The molecular weight excluding hydrogens is 354 g/mol. The van der Waals surface area contributed by atoms with Crippen molar-refractivity contribution in [2.45, 2.75) is 31.7 Å². The molecule has 0 bridgehead atoms. The third-order valence-electron chi connectivity index (χ3n) is 3.94. The summed E-state index contributed by atoms with van der Waals surface area (Å²) in [6.45, 7) is 4.89. The quantitative estimate of drug-likeness (QED) is 0.633. The topological polar surface area (TPSA) is 50.9 Å². The van der Waals surface area contributed by atoms with Crippen molar-refractivity contribution in [2.24, 2.45) is 0 Å². The zero-order valence-corrected chi connectivity index (χ0v) is 15.8. The van der Waals surface area contributed by atoms with Crippen LogP contribution in [0.4, 0.5) is 0 Å². The molecule has 130 valence electrons. The second kappa shape index (κ2) is 8.04. The maximum Gasteiger partial charge on any atom is 0.191 e. The fourth-order valence-corrected chi connectivity index (χ4v) is 3.88. The van der Waals surface area contributed by atoms with Crippen LogP contribution in [-0.4, -0.2) is 25.6 Å². The van der Waals surface area contributed by atoms with Crippen molar-refractivity contribution in [2.75, 3.05) is 5.75 Å². The molecule has 3 aromatic rings. The average Bonchev–Trinajstić information content (AvgIpc) is 3.03. The van der Waals surface area contributed by atoms with E-state index < -0.39 is 6.10 Å². The Morgan fingerprint density at radius 2 is 1.96 bits per heavy atom. The van der Waals surface area contributed by atoms with Gasteiger partial charge in [-0.3, -0.25) is 0 Å². The first-order valence-electron chi connectivity index (χ1n) is 8.15. The second-order valence-corrected chi connectivity index (χ2v) is 7.16. The molecule has 0 aliphatic heterocycles. The summed E-state index contributed by atoms with van der Waals surface area (Å²) >= 11 is 7.64. The standard InChI is InChI=1S/C19H20ClN3OS/c1-3-23-18(14-8-6-7-13(2)11-14)21-22-19(23)25-12-17(24)15-9-4-5-10-16(15)20/h4-11,17,24H,3,12H2,1-2H3. The Kier molecular flexibility index (Phi) is 5.78. The van der Waals surface area contributed by atoms with E-state index >= 15 is 0 Å². The Labute approximate surface area is 156 Å². The molecule has 0 radical (unpaired) electrons. The lowest BCUT2D eigenvalue weighted by atomic mass is 10.1. The monoisotopic (exact) mass is 373 g/mol. The van der Waals surface area contributed by atoms with Gasteiger partial charge in [0.15, 0.2) is 11.0 Å². The summed E-state index contributed by atoms with van der Waals surface area (Å²) in [5, 5.41) is 20.5. The lowest BCUT2D eigenvalue weighted by molar-refractivity contribution is 0.204. The molecule has 0 saturated heterocycles. The predicted octanol–water partition coefficient (Wildman–Crippen LogP) is 4.75. The highest BCUT2D eigenvalue weighted by molar-refractivity contribution is 7.99. The maximum absolute atomic E-state index is 10.4. The van der Waals surface area contributed by atoms with Gasteiger partial charge in [-0.25, -0.2) is 0 Å². The van der Waals surface area contributed by atoms with Crippen molar-refractivity contribution in [1.82, 2.24) is 14.8 Å². The average molecular weight is 374 g/mol. The molecule has 0 amide bonds. The summed E-state index contributed by atoms with van der Waals surface area (Å²) in [5.74, 6) is 1.32. The Bertz CT molecular complexity index is 865. The van der Waals surface area contributed by atoms with E-state index in [9.17, 15) is 5.11 Å². The van der Waals surface area contributed by atoms with Crippen LogP contribution >= 0.6 is 23.4 Å². The van der Waals surface area contributed by atoms with Gasteiger partial charge in [0.05, 0.1) is 6.10 Å². The van der Waals surface area contributed by atoms with Gasteiger partial charge in [-0.1, -0.05) is 65.3 Å². The van der Waals surface area contributed by atoms with Gasteiger partial charge in [-0.05, 0) is 31.5 Å². The molecule has 0 saturated carbocycles. The van der Waals surface area contributed by atoms with E-state index in [1.807, 2.05) is 30.3 Å². The molecule has 1 N–H and O–H groups in total. The molecule has 0 spiro atoms. The van der Waals surface area contributed by atoms with Crippen LogP contribution in [0, 0.1) is 6.92 Å². The van der Waals surface area contributed by atoms with E-state index in [0.717, 1.165) is 28.7 Å². The summed E-state index contributed by atoms with van der Waals surface area (Å²) in [5.41, 5.74) is 2.97. The molecule has 1 unspecified atom stereocenters. The number of hydrogen-bond acceptors (Lipinski definition) is 4. The molecule has 1 atom stereocenters. The first-order chi connectivity index (χ1) is 12.1. The number of rotatable bonds is 6. The lowest BCUT2D eigenvalue weighted by Gasteiger charge is -2.12. The number of halogens is 1. The minimum Gasteiger partial charge on any atom is -0.387 e. The van der Waals surface area contributed by atoms with Crippen molar-refractivity contribution >= 4 is 23.4 Å². The second-order valence-electron chi connectivity index (χ2n) is 5.77. The smallest absolute Gasteiger partial charge is 0.191 e. The van der Waals surface area contributed by atoms with Crippen molar-refractivity contribution in [3.63, 3.8) is 0 Å². The molecule has 1 heterocycles. The SMILES string of the molecule is CCn1c(SCC(O)c2ccccc2Cl)nnc1-c1cccc(C)c1. The molecule has 1 aromatic heterocycles. The molecule has 25 heavy (non-hydrogen) atoms. The molecule has 0 aliphatic carbocycles. The highest BCUT2D eigenvalue weighted by Crippen LogP contribution is 2.30. The lowest BCUT2D eigenvalue weighted by Crippen LogP contribution is -2.04. The molecule has 0 aliphatic rings. The number of nitrogens with zero attached hydrogens (tertiary/aromatic N) is 3. The van der Waals surface area contributed by atoms with E-state index in [0.29, 0.717) is 10.8 Å². The van der Waals surface area contributed by atoms with Gasteiger partial charge >= 0.3 is 0 Å². The Morgan fingerprint density at radius 1 is 1.16 bits per heavy atom. The highest BCUT2D eigenvalue weighted by Gasteiger charge is 2.17. The van der Waals surface area contributed by atoms with Gasteiger partial charge < -0.3 is 9.67 Å². The van der Waals surface area contributed by atoms with Crippen LogP contribution in [-0.2, 0) is 6.54 Å². The van der Waals surface area contributed by atoms with E-state index in [-0.39, 0.29) is 0 Å². The van der Waals surface area contributed by atoms with Crippen LogP contribution in [0.2, 0.25) is 5.02 Å². The number of aliphatic hydroxyl groups excluding tert-OH is 1. The van der Waals surface area contributed by atoms with E-state index in [2.05, 4.69) is 40.7 Å². The van der Waals surface area contributed by atoms with Crippen molar-refractivity contribution < 1.29 is 5.11 Å². The first-order valence-corrected chi connectivity index (χ1v) is 9.52. The van der Waals surface area contributed by atoms with Gasteiger partial charge in [0.1, 0.15) is 0 Å². The zero-order chi connectivity index (χ0) is 17.8. The molecule has 6 heteroatoms. The van der Waals surface area contributed by atoms with E-state index in [1.165, 1.54) is 17.3 Å². The highest BCUT2D eigenvalue weighted by atomic mass is 35.5. The Balaban J connectivity index is 1.79. The number of aliphatic hydroxyl groups is 1. The number of benzene rings is 2. The fraction of sp³-hybridized carbons (Fsp3) is 0.263. The minimum absolute atomic E-state index is 0.468. The van der Waals surface area contributed by atoms with Crippen LogP contribution in [0.25, 0.3) is 11.4 Å².